The second-order valence-electron chi connectivity index (χ2n) is 7.05. The summed E-state index contributed by atoms with van der Waals surface area (Å²) in [7, 11) is -0.637. The molecule has 142 valence electrons. The van der Waals surface area contributed by atoms with Crippen molar-refractivity contribution in [1.29, 1.82) is 0 Å². The van der Waals surface area contributed by atoms with Gasteiger partial charge in [0, 0.05) is 51.5 Å². The molecule has 1 unspecified atom stereocenters. The van der Waals surface area contributed by atoms with E-state index >= 15 is 0 Å². The summed E-state index contributed by atoms with van der Waals surface area (Å²) in [6.45, 7) is 0. The number of nitrogens with zero attached hydrogens (tertiary/aromatic N) is 5. The number of nitrogens with one attached hydrogen (secondary N) is 1. The molecule has 4 aromatic rings. The summed E-state index contributed by atoms with van der Waals surface area (Å²) in [5.41, 5.74) is 4.74. The van der Waals surface area contributed by atoms with Gasteiger partial charge < -0.3 is 4.98 Å². The lowest BCUT2D eigenvalue weighted by Crippen LogP contribution is -2.04. The molecule has 0 radical (unpaired) electrons. The average Bonchev–Trinajstić information content (AvgIpc) is 3.26. The number of fused-ring (bicyclic) bond motifs is 1. The highest BCUT2D eigenvalue weighted by Crippen LogP contribution is 2.27. The zero-order chi connectivity index (χ0) is 18.9. The Bertz CT molecular complexity index is 1130. The largest absolute Gasteiger partial charge is 0.343 e. The first-order valence-corrected chi connectivity index (χ1v) is 10.8. The van der Waals surface area contributed by atoms with Gasteiger partial charge in [0.25, 0.3) is 0 Å². The lowest BCUT2D eigenvalue weighted by atomic mass is 10.1. The number of H-pyrrole nitrogens is 1. The van der Waals surface area contributed by atoms with Crippen molar-refractivity contribution in [3.05, 3.63) is 54.9 Å². The fourth-order valence-corrected chi connectivity index (χ4v) is 4.72. The Morgan fingerprint density at radius 1 is 1.14 bits per heavy atom. The number of pyridine rings is 2. The quantitative estimate of drug-likeness (QED) is 0.522. The smallest absolute Gasteiger partial charge is 0.178 e. The van der Waals surface area contributed by atoms with Crippen molar-refractivity contribution >= 4 is 22.0 Å². The highest BCUT2D eigenvalue weighted by molar-refractivity contribution is 7.85. The number of aryl methyl sites for hydroxylation is 1. The number of hydrogen-bond donors (Lipinski definition) is 1. The standard InChI is InChI=1S/C20H20N6OS/c27-28(16-4-5-16)9-1-2-14-3-6-18(22-10-14)26-12-15(11-25-26)17-7-8-21-20-19(17)23-13-24-20/h3,6-8,10-13,16H,1-2,4-5,9H2,(H,21,23,24). The predicted molar refractivity (Wildman–Crippen MR) is 109 cm³/mol. The molecule has 1 fully saturated rings. The van der Waals surface area contributed by atoms with Crippen molar-refractivity contribution in [2.45, 2.75) is 30.9 Å². The van der Waals surface area contributed by atoms with Gasteiger partial charge >= 0.3 is 0 Å². The summed E-state index contributed by atoms with van der Waals surface area (Å²) in [5.74, 6) is 1.56. The minimum absolute atomic E-state index is 0.470. The van der Waals surface area contributed by atoms with E-state index in [0.717, 1.165) is 59.5 Å². The van der Waals surface area contributed by atoms with E-state index in [1.165, 1.54) is 0 Å². The number of rotatable bonds is 7. The molecule has 7 nitrogen and oxygen atoms in total. The lowest BCUT2D eigenvalue weighted by Gasteiger charge is -2.04. The van der Waals surface area contributed by atoms with E-state index in [2.05, 4.69) is 31.1 Å². The maximum absolute atomic E-state index is 11.9. The van der Waals surface area contributed by atoms with E-state index in [1.807, 2.05) is 30.7 Å². The first kappa shape index (κ1) is 17.2. The van der Waals surface area contributed by atoms with E-state index in [-0.39, 0.29) is 0 Å². The van der Waals surface area contributed by atoms with Crippen LogP contribution in [0, 0.1) is 0 Å². The molecule has 0 aromatic carbocycles. The number of hydrogen-bond acceptors (Lipinski definition) is 5. The Kier molecular flexibility index (Phi) is 4.48. The minimum atomic E-state index is -0.637. The normalized spacial score (nSPS) is 15.1. The Balaban J connectivity index is 1.29. The van der Waals surface area contributed by atoms with Crippen molar-refractivity contribution in [2.75, 3.05) is 5.75 Å². The Hall–Kier alpha value is -2.87. The Morgan fingerprint density at radius 2 is 2.07 bits per heavy atom. The van der Waals surface area contributed by atoms with Gasteiger partial charge in [-0.3, -0.25) is 4.21 Å². The Labute approximate surface area is 164 Å². The summed E-state index contributed by atoms with van der Waals surface area (Å²) >= 11 is 0. The first-order valence-electron chi connectivity index (χ1n) is 9.43. The maximum atomic E-state index is 11.9. The molecule has 1 aliphatic rings. The summed E-state index contributed by atoms with van der Waals surface area (Å²) in [6, 6.07) is 6.00. The predicted octanol–water partition coefficient (Wildman–Crippen LogP) is 3.05. The summed E-state index contributed by atoms with van der Waals surface area (Å²) in [4.78, 5) is 16.1. The van der Waals surface area contributed by atoms with Gasteiger partial charge in [0.1, 0.15) is 0 Å². The van der Waals surface area contributed by atoms with Crippen LogP contribution in [0.25, 0.3) is 28.1 Å². The fraction of sp³-hybridized carbons (Fsp3) is 0.300. The summed E-state index contributed by atoms with van der Waals surface area (Å²) < 4.78 is 13.7. The van der Waals surface area contributed by atoms with E-state index in [4.69, 9.17) is 0 Å². The maximum Gasteiger partial charge on any atom is 0.178 e. The van der Waals surface area contributed by atoms with Crippen LogP contribution < -0.4 is 0 Å². The van der Waals surface area contributed by atoms with Gasteiger partial charge in [-0.2, -0.15) is 5.10 Å². The third-order valence-corrected chi connectivity index (χ3v) is 6.88. The molecule has 1 aliphatic carbocycles. The first-order chi connectivity index (χ1) is 13.8. The zero-order valence-corrected chi connectivity index (χ0v) is 16.1. The van der Waals surface area contributed by atoms with Crippen LogP contribution in [-0.2, 0) is 17.2 Å². The van der Waals surface area contributed by atoms with Crippen LogP contribution in [0.1, 0.15) is 24.8 Å². The molecule has 5 rings (SSSR count). The van der Waals surface area contributed by atoms with Crippen LogP contribution in [-0.4, -0.2) is 44.9 Å². The molecule has 0 amide bonds. The molecule has 28 heavy (non-hydrogen) atoms. The van der Waals surface area contributed by atoms with Gasteiger partial charge in [-0.25, -0.2) is 19.6 Å². The van der Waals surface area contributed by atoms with Crippen LogP contribution in [0.5, 0.6) is 0 Å². The van der Waals surface area contributed by atoms with E-state index in [1.54, 1.807) is 17.2 Å². The van der Waals surface area contributed by atoms with Crippen molar-refractivity contribution in [2.24, 2.45) is 0 Å². The van der Waals surface area contributed by atoms with Crippen molar-refractivity contribution in [3.63, 3.8) is 0 Å². The van der Waals surface area contributed by atoms with Gasteiger partial charge in [0.2, 0.25) is 0 Å². The molecule has 1 N–H and O–H groups in total. The second kappa shape index (κ2) is 7.27. The molecule has 4 heterocycles. The molecule has 1 atom stereocenters. The van der Waals surface area contributed by atoms with Gasteiger partial charge in [-0.05, 0) is 43.4 Å². The van der Waals surface area contributed by atoms with Gasteiger partial charge in [0.15, 0.2) is 11.5 Å². The molecule has 1 saturated carbocycles. The third-order valence-electron chi connectivity index (χ3n) is 4.97. The third kappa shape index (κ3) is 3.47. The average molecular weight is 392 g/mol. The molecule has 4 aromatic heterocycles. The van der Waals surface area contributed by atoms with Crippen LogP contribution >= 0.6 is 0 Å². The van der Waals surface area contributed by atoms with Crippen LogP contribution in [0.2, 0.25) is 0 Å². The SMILES string of the molecule is O=S(CCCc1ccc(-n2cc(-c3ccnc4nc[nH]c34)cn2)nc1)C1CC1. The van der Waals surface area contributed by atoms with E-state index in [9.17, 15) is 4.21 Å². The van der Waals surface area contributed by atoms with E-state index < -0.39 is 10.8 Å². The van der Waals surface area contributed by atoms with Crippen molar-refractivity contribution in [3.8, 4) is 16.9 Å². The fourth-order valence-electron chi connectivity index (χ4n) is 3.29. The van der Waals surface area contributed by atoms with Crippen molar-refractivity contribution < 1.29 is 4.21 Å². The minimum Gasteiger partial charge on any atom is -0.343 e. The summed E-state index contributed by atoms with van der Waals surface area (Å²) in [5, 5.41) is 4.92. The van der Waals surface area contributed by atoms with Gasteiger partial charge in [-0.15, -0.1) is 0 Å². The highest BCUT2D eigenvalue weighted by Gasteiger charge is 2.27. The lowest BCUT2D eigenvalue weighted by molar-refractivity contribution is 0.679. The number of aromatic amines is 1. The molecule has 8 heteroatoms. The van der Waals surface area contributed by atoms with Crippen LogP contribution in [0.4, 0.5) is 0 Å². The van der Waals surface area contributed by atoms with Gasteiger partial charge in [-0.1, -0.05) is 6.07 Å². The monoisotopic (exact) mass is 392 g/mol. The molecule has 0 aliphatic heterocycles. The van der Waals surface area contributed by atoms with Gasteiger partial charge in [0.05, 0.1) is 18.0 Å². The van der Waals surface area contributed by atoms with Crippen LogP contribution in [0.3, 0.4) is 0 Å². The molecular formula is C20H20N6OS. The number of aromatic nitrogens is 6. The van der Waals surface area contributed by atoms with Crippen LogP contribution in [0.15, 0.2) is 49.3 Å². The van der Waals surface area contributed by atoms with E-state index in [0.29, 0.717) is 10.9 Å². The zero-order valence-electron chi connectivity index (χ0n) is 15.3. The Morgan fingerprint density at radius 3 is 2.89 bits per heavy atom. The molecule has 0 saturated heterocycles. The molecule has 0 bridgehead atoms. The highest BCUT2D eigenvalue weighted by atomic mass is 32.2. The number of imidazole rings is 1. The second-order valence-corrected chi connectivity index (χ2v) is 8.88. The molecular weight excluding hydrogens is 372 g/mol. The molecule has 0 spiro atoms. The topological polar surface area (TPSA) is 89.4 Å². The van der Waals surface area contributed by atoms with Crippen molar-refractivity contribution in [1.82, 2.24) is 29.7 Å². The summed E-state index contributed by atoms with van der Waals surface area (Å²) in [6.07, 6.45) is 13.2.